The Morgan fingerprint density at radius 2 is 2.43 bits per heavy atom. The summed E-state index contributed by atoms with van der Waals surface area (Å²) in [5, 5.41) is 2.17. The van der Waals surface area contributed by atoms with Crippen molar-refractivity contribution in [3.63, 3.8) is 0 Å². The van der Waals surface area contributed by atoms with E-state index in [-0.39, 0.29) is 0 Å². The van der Waals surface area contributed by atoms with Crippen molar-refractivity contribution in [3.05, 3.63) is 23.0 Å². The molecule has 1 atom stereocenters. The number of rotatable bonds is 3. The molecular formula is C10H15N3S. The number of imidazole rings is 1. The zero-order valence-electron chi connectivity index (χ0n) is 8.53. The van der Waals surface area contributed by atoms with Gasteiger partial charge in [0.2, 0.25) is 0 Å². The molecule has 2 aromatic heterocycles. The first-order valence-corrected chi connectivity index (χ1v) is 5.71. The van der Waals surface area contributed by atoms with Crippen LogP contribution < -0.4 is 5.73 Å². The lowest BCUT2D eigenvalue weighted by molar-refractivity contribution is 0.582. The third-order valence-electron chi connectivity index (χ3n) is 2.36. The van der Waals surface area contributed by atoms with E-state index in [2.05, 4.69) is 27.9 Å². The number of aromatic nitrogens is 2. The molecule has 2 heterocycles. The fourth-order valence-corrected chi connectivity index (χ4v) is 2.46. The van der Waals surface area contributed by atoms with Gasteiger partial charge in [-0.25, -0.2) is 4.98 Å². The lowest BCUT2D eigenvalue weighted by Crippen LogP contribution is -2.13. The van der Waals surface area contributed by atoms with Crippen molar-refractivity contribution in [1.29, 1.82) is 0 Å². The quantitative estimate of drug-likeness (QED) is 0.838. The molecule has 0 radical (unpaired) electrons. The molecule has 3 nitrogen and oxygen atoms in total. The van der Waals surface area contributed by atoms with Gasteiger partial charge in [0.1, 0.15) is 0 Å². The van der Waals surface area contributed by atoms with Crippen molar-refractivity contribution >= 4 is 16.3 Å². The first-order valence-electron chi connectivity index (χ1n) is 4.83. The fourth-order valence-electron chi connectivity index (χ4n) is 1.53. The van der Waals surface area contributed by atoms with Gasteiger partial charge < -0.3 is 5.73 Å². The highest BCUT2D eigenvalue weighted by Crippen LogP contribution is 2.18. The first kappa shape index (κ1) is 9.68. The van der Waals surface area contributed by atoms with Crippen molar-refractivity contribution in [1.82, 2.24) is 9.38 Å². The van der Waals surface area contributed by atoms with Gasteiger partial charge in [0.25, 0.3) is 0 Å². The first-order chi connectivity index (χ1) is 6.70. The molecule has 76 valence electrons. The topological polar surface area (TPSA) is 43.3 Å². The monoisotopic (exact) mass is 209 g/mol. The third kappa shape index (κ3) is 1.67. The minimum Gasteiger partial charge on any atom is -0.330 e. The molecule has 0 aliphatic heterocycles. The number of nitrogens with two attached hydrogens (primary N) is 1. The second-order valence-corrected chi connectivity index (χ2v) is 4.64. The molecule has 0 aliphatic carbocycles. The fraction of sp³-hybridized carbons (Fsp3) is 0.500. The molecule has 0 saturated carbocycles. The Kier molecular flexibility index (Phi) is 2.56. The lowest BCUT2D eigenvalue weighted by atomic mass is 10.1. The van der Waals surface area contributed by atoms with Crippen molar-refractivity contribution in [2.45, 2.75) is 20.3 Å². The van der Waals surface area contributed by atoms with Gasteiger partial charge in [-0.15, -0.1) is 11.3 Å². The number of thiazole rings is 1. The Labute approximate surface area is 87.6 Å². The minimum absolute atomic E-state index is 0.538. The average molecular weight is 209 g/mol. The van der Waals surface area contributed by atoms with Gasteiger partial charge in [-0.3, -0.25) is 4.40 Å². The zero-order chi connectivity index (χ0) is 10.1. The highest BCUT2D eigenvalue weighted by molar-refractivity contribution is 7.15. The van der Waals surface area contributed by atoms with Crippen molar-refractivity contribution < 1.29 is 0 Å². The maximum atomic E-state index is 5.62. The largest absolute Gasteiger partial charge is 0.330 e. The zero-order valence-corrected chi connectivity index (χ0v) is 9.34. The summed E-state index contributed by atoms with van der Waals surface area (Å²) in [7, 11) is 0. The summed E-state index contributed by atoms with van der Waals surface area (Å²) < 4.78 is 2.17. The molecule has 0 aliphatic rings. The summed E-state index contributed by atoms with van der Waals surface area (Å²) in [6.45, 7) is 4.94. The molecule has 0 bridgehead atoms. The van der Waals surface area contributed by atoms with E-state index >= 15 is 0 Å². The van der Waals surface area contributed by atoms with Gasteiger partial charge in [-0.05, 0) is 25.8 Å². The molecule has 14 heavy (non-hydrogen) atoms. The Hall–Kier alpha value is -0.870. The summed E-state index contributed by atoms with van der Waals surface area (Å²) in [5.74, 6) is 0.538. The Morgan fingerprint density at radius 1 is 1.64 bits per heavy atom. The normalized spacial score (nSPS) is 13.6. The van der Waals surface area contributed by atoms with Gasteiger partial charge in [0.15, 0.2) is 4.96 Å². The van der Waals surface area contributed by atoms with E-state index in [9.17, 15) is 0 Å². The molecule has 1 unspecified atom stereocenters. The van der Waals surface area contributed by atoms with Crippen LogP contribution in [0, 0.1) is 12.8 Å². The van der Waals surface area contributed by atoms with Crippen LogP contribution in [-0.4, -0.2) is 15.9 Å². The van der Waals surface area contributed by atoms with E-state index in [0.29, 0.717) is 5.92 Å². The molecule has 2 aromatic rings. The lowest BCUT2D eigenvalue weighted by Gasteiger charge is -2.06. The molecule has 2 rings (SSSR count). The molecule has 2 N–H and O–H groups in total. The molecule has 0 amide bonds. The molecule has 0 saturated heterocycles. The summed E-state index contributed by atoms with van der Waals surface area (Å²) in [6, 6.07) is 0. The standard InChI is InChI=1S/C10H15N3S/c1-7(4-11)3-9-6-14-10-12-8(2)5-13(9)10/h5-7H,3-4,11H2,1-2H3. The van der Waals surface area contributed by atoms with E-state index in [1.165, 1.54) is 5.69 Å². The summed E-state index contributed by atoms with van der Waals surface area (Å²) in [5.41, 5.74) is 8.02. The van der Waals surface area contributed by atoms with Crippen LogP contribution in [0.1, 0.15) is 18.3 Å². The number of nitrogens with zero attached hydrogens (tertiary/aromatic N) is 2. The van der Waals surface area contributed by atoms with E-state index < -0.39 is 0 Å². The highest BCUT2D eigenvalue weighted by Gasteiger charge is 2.08. The third-order valence-corrected chi connectivity index (χ3v) is 3.25. The van der Waals surface area contributed by atoms with Gasteiger partial charge in [0.05, 0.1) is 5.69 Å². The second kappa shape index (κ2) is 3.71. The van der Waals surface area contributed by atoms with Crippen LogP contribution in [0.25, 0.3) is 4.96 Å². The maximum Gasteiger partial charge on any atom is 0.194 e. The van der Waals surface area contributed by atoms with Gasteiger partial charge >= 0.3 is 0 Å². The van der Waals surface area contributed by atoms with Crippen molar-refractivity contribution in [2.24, 2.45) is 11.7 Å². The Morgan fingerprint density at radius 3 is 3.14 bits per heavy atom. The second-order valence-electron chi connectivity index (χ2n) is 3.81. The molecular weight excluding hydrogens is 194 g/mol. The van der Waals surface area contributed by atoms with Crippen LogP contribution in [0.2, 0.25) is 0 Å². The van der Waals surface area contributed by atoms with E-state index in [4.69, 9.17) is 5.73 Å². The predicted molar refractivity (Wildman–Crippen MR) is 59.7 cm³/mol. The van der Waals surface area contributed by atoms with E-state index in [1.807, 2.05) is 6.92 Å². The van der Waals surface area contributed by atoms with Crippen molar-refractivity contribution in [3.8, 4) is 0 Å². The smallest absolute Gasteiger partial charge is 0.194 e. The predicted octanol–water partition coefficient (Wildman–Crippen LogP) is 1.84. The van der Waals surface area contributed by atoms with E-state index in [0.717, 1.165) is 23.6 Å². The van der Waals surface area contributed by atoms with Crippen LogP contribution in [0.5, 0.6) is 0 Å². The van der Waals surface area contributed by atoms with Gasteiger partial charge in [-0.2, -0.15) is 0 Å². The number of fused-ring (bicyclic) bond motifs is 1. The SMILES string of the molecule is Cc1cn2c(CC(C)CN)csc2n1. The number of hydrogen-bond donors (Lipinski definition) is 1. The Bertz CT molecular complexity index is 429. The van der Waals surface area contributed by atoms with Crippen molar-refractivity contribution in [2.75, 3.05) is 6.54 Å². The van der Waals surface area contributed by atoms with Crippen LogP contribution in [0.3, 0.4) is 0 Å². The van der Waals surface area contributed by atoms with Crippen LogP contribution in [-0.2, 0) is 6.42 Å². The van der Waals surface area contributed by atoms with Crippen LogP contribution in [0.15, 0.2) is 11.6 Å². The minimum atomic E-state index is 0.538. The van der Waals surface area contributed by atoms with Gasteiger partial charge in [-0.1, -0.05) is 6.92 Å². The number of hydrogen-bond acceptors (Lipinski definition) is 3. The average Bonchev–Trinajstić information content (AvgIpc) is 2.67. The number of aryl methyl sites for hydroxylation is 1. The molecule has 0 fully saturated rings. The maximum absolute atomic E-state index is 5.62. The highest BCUT2D eigenvalue weighted by atomic mass is 32.1. The summed E-state index contributed by atoms with van der Waals surface area (Å²) in [6.07, 6.45) is 3.12. The van der Waals surface area contributed by atoms with Crippen LogP contribution in [0.4, 0.5) is 0 Å². The molecule has 0 aromatic carbocycles. The molecule has 4 heteroatoms. The van der Waals surface area contributed by atoms with E-state index in [1.54, 1.807) is 11.3 Å². The Balaban J connectivity index is 2.32. The van der Waals surface area contributed by atoms with Crippen LogP contribution >= 0.6 is 11.3 Å². The summed E-state index contributed by atoms with van der Waals surface area (Å²) >= 11 is 1.70. The molecule has 0 spiro atoms. The summed E-state index contributed by atoms with van der Waals surface area (Å²) in [4.78, 5) is 5.50. The van der Waals surface area contributed by atoms with Gasteiger partial charge in [0, 0.05) is 17.3 Å².